The van der Waals surface area contributed by atoms with Crippen molar-refractivity contribution in [1.82, 2.24) is 0 Å². The largest absolute Gasteiger partial charge is 0.481 e. The minimum Gasteiger partial charge on any atom is -0.481 e. The van der Waals surface area contributed by atoms with E-state index in [1.165, 1.54) is 0 Å². The molecule has 84 valence electrons. The van der Waals surface area contributed by atoms with Crippen LogP contribution in [0.4, 0.5) is 0 Å². The molecule has 0 spiro atoms. The van der Waals surface area contributed by atoms with Gasteiger partial charge in [-0.2, -0.15) is 0 Å². The maximum atomic E-state index is 11.0. The molecular weight excluding hydrogens is 274 g/mol. The molecule has 0 fully saturated rings. The Morgan fingerprint density at radius 2 is 2.19 bits per heavy atom. The van der Waals surface area contributed by atoms with E-state index in [9.17, 15) is 4.79 Å². The van der Waals surface area contributed by atoms with Gasteiger partial charge >= 0.3 is 5.97 Å². The summed E-state index contributed by atoms with van der Waals surface area (Å²) < 4.78 is 6.17. The van der Waals surface area contributed by atoms with E-state index in [-0.39, 0.29) is 6.54 Å². The van der Waals surface area contributed by atoms with Gasteiger partial charge in [0, 0.05) is 11.9 Å². The van der Waals surface area contributed by atoms with Crippen molar-refractivity contribution in [3.63, 3.8) is 0 Å². The first-order valence-corrected chi connectivity index (χ1v) is 5.54. The minimum absolute atomic E-state index is 0.00769. The number of hydrogen-bond donors (Lipinski definition) is 2. The molecule has 16 heavy (non-hydrogen) atoms. The van der Waals surface area contributed by atoms with E-state index in [2.05, 4.69) is 15.9 Å². The van der Waals surface area contributed by atoms with Gasteiger partial charge in [0.2, 0.25) is 0 Å². The lowest BCUT2D eigenvalue weighted by atomic mass is 10.1. The molecule has 1 aromatic heterocycles. The van der Waals surface area contributed by atoms with Gasteiger partial charge in [0.05, 0.1) is 4.47 Å². The number of carboxylic acid groups (broad SMARTS) is 1. The van der Waals surface area contributed by atoms with Crippen LogP contribution in [0.1, 0.15) is 11.7 Å². The van der Waals surface area contributed by atoms with Crippen LogP contribution in [0.15, 0.2) is 33.2 Å². The lowest BCUT2D eigenvalue weighted by Gasteiger charge is -2.06. The molecule has 2 aromatic rings. The lowest BCUT2D eigenvalue weighted by Crippen LogP contribution is -2.20. The molecule has 0 aliphatic carbocycles. The van der Waals surface area contributed by atoms with Gasteiger partial charge in [-0.15, -0.1) is 0 Å². The first kappa shape index (κ1) is 11.2. The number of aliphatic carboxylic acids is 1. The molecule has 0 saturated heterocycles. The predicted molar refractivity (Wildman–Crippen MR) is 63.3 cm³/mol. The standard InChI is InChI=1S/C11H10BrNO3/c12-9-6-3-1-2-4-8(6)16-10(9)7(5-13)11(14)15/h1-4,7H,5,13H2,(H,14,15). The highest BCUT2D eigenvalue weighted by Gasteiger charge is 2.25. The highest BCUT2D eigenvalue weighted by Crippen LogP contribution is 2.34. The summed E-state index contributed by atoms with van der Waals surface area (Å²) in [6.45, 7) is 0.00769. The van der Waals surface area contributed by atoms with Crippen LogP contribution in [0, 0.1) is 0 Å². The molecule has 5 heteroatoms. The minimum atomic E-state index is -0.984. The van der Waals surface area contributed by atoms with Crippen molar-refractivity contribution < 1.29 is 14.3 Å². The van der Waals surface area contributed by atoms with E-state index in [0.29, 0.717) is 15.8 Å². The van der Waals surface area contributed by atoms with Crippen LogP contribution < -0.4 is 5.73 Å². The van der Waals surface area contributed by atoms with Crippen molar-refractivity contribution in [1.29, 1.82) is 0 Å². The zero-order chi connectivity index (χ0) is 11.7. The summed E-state index contributed by atoms with van der Waals surface area (Å²) in [6, 6.07) is 7.35. The van der Waals surface area contributed by atoms with Crippen molar-refractivity contribution in [3.8, 4) is 0 Å². The summed E-state index contributed by atoms with van der Waals surface area (Å²) in [6.07, 6.45) is 0. The van der Waals surface area contributed by atoms with Crippen LogP contribution in [0.5, 0.6) is 0 Å². The second-order valence-corrected chi connectivity index (χ2v) is 4.20. The average molecular weight is 284 g/mol. The predicted octanol–water partition coefficient (Wildman–Crippen LogP) is 2.32. The highest BCUT2D eigenvalue weighted by molar-refractivity contribution is 9.10. The second kappa shape index (κ2) is 4.27. The summed E-state index contributed by atoms with van der Waals surface area (Å²) in [5.41, 5.74) is 6.09. The molecule has 0 saturated carbocycles. The summed E-state index contributed by atoms with van der Waals surface area (Å²) in [5, 5.41) is 9.87. The number of para-hydroxylation sites is 1. The van der Waals surface area contributed by atoms with Crippen molar-refractivity contribution in [2.75, 3.05) is 6.54 Å². The summed E-state index contributed by atoms with van der Waals surface area (Å²) in [7, 11) is 0. The average Bonchev–Trinajstić information content (AvgIpc) is 2.58. The van der Waals surface area contributed by atoms with E-state index in [0.717, 1.165) is 5.39 Å². The van der Waals surface area contributed by atoms with Crippen molar-refractivity contribution >= 4 is 32.9 Å². The number of rotatable bonds is 3. The fraction of sp³-hybridized carbons (Fsp3) is 0.182. The number of fused-ring (bicyclic) bond motifs is 1. The Bertz CT molecular complexity index is 535. The van der Waals surface area contributed by atoms with Gasteiger partial charge in [0.15, 0.2) is 0 Å². The molecule has 0 amide bonds. The van der Waals surface area contributed by atoms with Gasteiger partial charge in [-0.25, -0.2) is 0 Å². The molecule has 0 aliphatic rings. The van der Waals surface area contributed by atoms with Crippen molar-refractivity contribution in [2.45, 2.75) is 5.92 Å². The molecule has 3 N–H and O–H groups in total. The molecule has 0 radical (unpaired) electrons. The monoisotopic (exact) mass is 283 g/mol. The molecule has 2 rings (SSSR count). The van der Waals surface area contributed by atoms with Gasteiger partial charge < -0.3 is 15.3 Å². The number of halogens is 1. The molecule has 1 heterocycles. The Kier molecular flexibility index (Phi) is 2.98. The van der Waals surface area contributed by atoms with Crippen LogP contribution in [0.25, 0.3) is 11.0 Å². The molecule has 1 atom stereocenters. The Morgan fingerprint density at radius 1 is 1.50 bits per heavy atom. The third-order valence-electron chi connectivity index (χ3n) is 2.41. The summed E-state index contributed by atoms with van der Waals surface area (Å²) in [4.78, 5) is 11.0. The maximum absolute atomic E-state index is 11.0. The molecule has 4 nitrogen and oxygen atoms in total. The SMILES string of the molecule is NCC(C(=O)O)c1oc2ccccc2c1Br. The highest BCUT2D eigenvalue weighted by atomic mass is 79.9. The van der Waals surface area contributed by atoms with Gasteiger partial charge in [-0.1, -0.05) is 12.1 Å². The molecule has 1 aromatic carbocycles. The van der Waals surface area contributed by atoms with Gasteiger partial charge in [-0.05, 0) is 28.1 Å². The Morgan fingerprint density at radius 3 is 2.75 bits per heavy atom. The normalized spacial score (nSPS) is 12.9. The number of nitrogens with two attached hydrogens (primary N) is 1. The topological polar surface area (TPSA) is 76.5 Å². The zero-order valence-electron chi connectivity index (χ0n) is 8.31. The molecule has 0 bridgehead atoms. The van der Waals surface area contributed by atoms with Gasteiger partial charge in [-0.3, -0.25) is 4.79 Å². The number of carbonyl (C=O) groups is 1. The fourth-order valence-corrected chi connectivity index (χ4v) is 2.26. The van der Waals surface area contributed by atoms with Crippen LogP contribution in [-0.2, 0) is 4.79 Å². The van der Waals surface area contributed by atoms with Crippen LogP contribution in [0.3, 0.4) is 0 Å². The van der Waals surface area contributed by atoms with Crippen LogP contribution in [-0.4, -0.2) is 17.6 Å². The zero-order valence-corrected chi connectivity index (χ0v) is 9.90. The molecule has 0 aliphatic heterocycles. The smallest absolute Gasteiger partial charge is 0.315 e. The third-order valence-corrected chi connectivity index (χ3v) is 3.23. The molecular formula is C11H10BrNO3. The number of carboxylic acids is 1. The van der Waals surface area contributed by atoms with Gasteiger partial charge in [0.1, 0.15) is 17.3 Å². The van der Waals surface area contributed by atoms with E-state index >= 15 is 0 Å². The number of benzene rings is 1. The maximum Gasteiger partial charge on any atom is 0.315 e. The van der Waals surface area contributed by atoms with Crippen molar-refractivity contribution in [3.05, 3.63) is 34.5 Å². The number of hydrogen-bond acceptors (Lipinski definition) is 3. The first-order valence-electron chi connectivity index (χ1n) is 4.75. The van der Waals surface area contributed by atoms with E-state index < -0.39 is 11.9 Å². The fourth-order valence-electron chi connectivity index (χ4n) is 1.58. The Labute approximate surface area is 100 Å². The second-order valence-electron chi connectivity index (χ2n) is 3.40. The Balaban J connectivity index is 2.60. The third kappa shape index (κ3) is 1.72. The van der Waals surface area contributed by atoms with E-state index in [1.807, 2.05) is 18.2 Å². The summed E-state index contributed by atoms with van der Waals surface area (Å²) >= 11 is 3.35. The van der Waals surface area contributed by atoms with Crippen LogP contribution in [0.2, 0.25) is 0 Å². The van der Waals surface area contributed by atoms with E-state index in [4.69, 9.17) is 15.3 Å². The quantitative estimate of drug-likeness (QED) is 0.906. The van der Waals surface area contributed by atoms with Crippen molar-refractivity contribution in [2.24, 2.45) is 5.73 Å². The van der Waals surface area contributed by atoms with Crippen LogP contribution >= 0.6 is 15.9 Å². The lowest BCUT2D eigenvalue weighted by molar-refractivity contribution is -0.138. The summed E-state index contributed by atoms with van der Waals surface area (Å²) in [5.74, 6) is -1.43. The molecule has 1 unspecified atom stereocenters. The number of furan rings is 1. The Hall–Kier alpha value is -1.33. The van der Waals surface area contributed by atoms with E-state index in [1.54, 1.807) is 6.07 Å². The first-order chi connectivity index (χ1) is 7.65. The van der Waals surface area contributed by atoms with Gasteiger partial charge in [0.25, 0.3) is 0 Å².